The van der Waals surface area contributed by atoms with Gasteiger partial charge in [0.15, 0.2) is 0 Å². The maximum Gasteiger partial charge on any atom is 0.244 e. The first-order chi connectivity index (χ1) is 15.3. The minimum absolute atomic E-state index is 0.0376. The standard InChI is InChI=1S/C22H28N4O4S2/c1-16(27)24-17-7-6-8-18(13-17)25-21(28)15-31-22-12-11-20(14-23-22)32(29,30)26(2)19-9-4-3-5-10-19/h6-8,11-14,19H,3-5,9-10,15H2,1-2H3,(H,24,27)(H,25,28). The van der Waals surface area contributed by atoms with Crippen molar-refractivity contribution in [2.75, 3.05) is 23.4 Å². The smallest absolute Gasteiger partial charge is 0.244 e. The molecule has 0 aliphatic heterocycles. The van der Waals surface area contributed by atoms with Crippen LogP contribution in [0.4, 0.5) is 11.4 Å². The van der Waals surface area contributed by atoms with Crippen LogP contribution < -0.4 is 10.6 Å². The van der Waals surface area contributed by atoms with Crippen LogP contribution in [-0.2, 0) is 19.6 Å². The Morgan fingerprint density at radius 2 is 1.78 bits per heavy atom. The molecule has 1 fully saturated rings. The summed E-state index contributed by atoms with van der Waals surface area (Å²) in [5.41, 5.74) is 1.17. The van der Waals surface area contributed by atoms with E-state index in [1.807, 2.05) is 0 Å². The lowest BCUT2D eigenvalue weighted by Gasteiger charge is -2.30. The van der Waals surface area contributed by atoms with Gasteiger partial charge < -0.3 is 10.6 Å². The third-order valence-electron chi connectivity index (χ3n) is 5.29. The Bertz CT molecular complexity index is 1050. The lowest BCUT2D eigenvalue weighted by molar-refractivity contribution is -0.114. The monoisotopic (exact) mass is 476 g/mol. The van der Waals surface area contributed by atoms with Gasteiger partial charge >= 0.3 is 0 Å². The fourth-order valence-electron chi connectivity index (χ4n) is 3.63. The van der Waals surface area contributed by atoms with E-state index >= 15 is 0 Å². The molecule has 0 atom stereocenters. The Labute approximate surface area is 193 Å². The Morgan fingerprint density at radius 1 is 1.09 bits per heavy atom. The van der Waals surface area contributed by atoms with Gasteiger partial charge in [-0.15, -0.1) is 0 Å². The molecule has 8 nitrogen and oxygen atoms in total. The van der Waals surface area contributed by atoms with Gasteiger partial charge in [0.2, 0.25) is 21.8 Å². The summed E-state index contributed by atoms with van der Waals surface area (Å²) in [7, 11) is -1.95. The Morgan fingerprint density at radius 3 is 2.41 bits per heavy atom. The van der Waals surface area contributed by atoms with Crippen molar-refractivity contribution in [1.29, 1.82) is 0 Å². The highest BCUT2D eigenvalue weighted by atomic mass is 32.2. The van der Waals surface area contributed by atoms with Crippen molar-refractivity contribution in [3.8, 4) is 0 Å². The predicted molar refractivity (Wildman–Crippen MR) is 126 cm³/mol. The van der Waals surface area contributed by atoms with E-state index < -0.39 is 10.0 Å². The molecule has 0 unspecified atom stereocenters. The average molecular weight is 477 g/mol. The van der Waals surface area contributed by atoms with Crippen molar-refractivity contribution in [2.45, 2.75) is 55.0 Å². The highest BCUT2D eigenvalue weighted by Crippen LogP contribution is 2.27. The predicted octanol–water partition coefficient (Wildman–Crippen LogP) is 3.72. The SMILES string of the molecule is CC(=O)Nc1cccc(NC(=O)CSc2ccc(S(=O)(=O)N(C)C3CCCCC3)cn2)c1. The lowest BCUT2D eigenvalue weighted by Crippen LogP contribution is -2.38. The van der Waals surface area contributed by atoms with E-state index in [1.54, 1.807) is 43.4 Å². The normalized spacial score (nSPS) is 14.8. The molecular formula is C22H28N4O4S2. The van der Waals surface area contributed by atoms with E-state index in [9.17, 15) is 18.0 Å². The first-order valence-electron chi connectivity index (χ1n) is 10.5. The summed E-state index contributed by atoms with van der Waals surface area (Å²) in [5, 5.41) is 6.00. The molecule has 0 radical (unpaired) electrons. The minimum atomic E-state index is -3.59. The highest BCUT2D eigenvalue weighted by molar-refractivity contribution is 7.99. The molecule has 1 saturated carbocycles. The van der Waals surface area contributed by atoms with Gasteiger partial charge in [0, 0.05) is 37.6 Å². The number of benzene rings is 1. The Balaban J connectivity index is 1.55. The van der Waals surface area contributed by atoms with E-state index in [4.69, 9.17) is 0 Å². The van der Waals surface area contributed by atoms with E-state index in [0.717, 1.165) is 32.1 Å². The fourth-order valence-corrected chi connectivity index (χ4v) is 5.63. The molecule has 0 bridgehead atoms. The van der Waals surface area contributed by atoms with E-state index in [2.05, 4.69) is 15.6 Å². The summed E-state index contributed by atoms with van der Waals surface area (Å²) in [6.45, 7) is 1.42. The number of sulfonamides is 1. The van der Waals surface area contributed by atoms with Crippen molar-refractivity contribution in [3.63, 3.8) is 0 Å². The van der Waals surface area contributed by atoms with Crippen molar-refractivity contribution in [2.24, 2.45) is 0 Å². The summed E-state index contributed by atoms with van der Waals surface area (Å²) < 4.78 is 27.3. The number of amides is 2. The largest absolute Gasteiger partial charge is 0.326 e. The van der Waals surface area contributed by atoms with Crippen LogP contribution in [0.25, 0.3) is 0 Å². The number of hydrogen-bond donors (Lipinski definition) is 2. The van der Waals surface area contributed by atoms with Crippen LogP contribution >= 0.6 is 11.8 Å². The molecule has 2 aromatic rings. The minimum Gasteiger partial charge on any atom is -0.326 e. The first kappa shape index (κ1) is 24.2. The van der Waals surface area contributed by atoms with Crippen LogP contribution in [0.5, 0.6) is 0 Å². The quantitative estimate of drug-likeness (QED) is 0.562. The maximum atomic E-state index is 12.9. The summed E-state index contributed by atoms with van der Waals surface area (Å²) in [6.07, 6.45) is 6.40. The molecule has 1 aromatic heterocycles. The third-order valence-corrected chi connectivity index (χ3v) is 8.13. The van der Waals surface area contributed by atoms with Crippen molar-refractivity contribution in [1.82, 2.24) is 9.29 Å². The van der Waals surface area contributed by atoms with Gasteiger partial charge in [0.1, 0.15) is 4.90 Å². The summed E-state index contributed by atoms with van der Waals surface area (Å²) in [6, 6.07) is 10.1. The number of anilines is 2. The van der Waals surface area contributed by atoms with Gasteiger partial charge in [-0.1, -0.05) is 37.1 Å². The number of rotatable bonds is 8. The second-order valence-corrected chi connectivity index (χ2v) is 10.7. The number of nitrogens with one attached hydrogen (secondary N) is 2. The van der Waals surface area contributed by atoms with Crippen molar-refractivity contribution >= 4 is 45.0 Å². The van der Waals surface area contributed by atoms with E-state index in [-0.39, 0.29) is 28.5 Å². The van der Waals surface area contributed by atoms with E-state index in [0.29, 0.717) is 16.4 Å². The molecule has 3 rings (SSSR count). The van der Waals surface area contributed by atoms with Gasteiger partial charge in [-0.3, -0.25) is 9.59 Å². The maximum absolute atomic E-state index is 12.9. The topological polar surface area (TPSA) is 108 Å². The molecule has 1 aromatic carbocycles. The lowest BCUT2D eigenvalue weighted by atomic mass is 9.96. The second kappa shape index (κ2) is 10.9. The second-order valence-electron chi connectivity index (χ2n) is 7.74. The average Bonchev–Trinajstić information content (AvgIpc) is 2.78. The summed E-state index contributed by atoms with van der Waals surface area (Å²) >= 11 is 1.22. The summed E-state index contributed by atoms with van der Waals surface area (Å²) in [4.78, 5) is 27.8. The van der Waals surface area contributed by atoms with Crippen molar-refractivity contribution in [3.05, 3.63) is 42.6 Å². The zero-order valence-corrected chi connectivity index (χ0v) is 19.8. The van der Waals surface area contributed by atoms with Crippen LogP contribution in [-0.4, -0.2) is 48.4 Å². The molecule has 0 saturated heterocycles. The van der Waals surface area contributed by atoms with Crippen LogP contribution in [0, 0.1) is 0 Å². The van der Waals surface area contributed by atoms with Gasteiger partial charge in [-0.25, -0.2) is 13.4 Å². The molecular weight excluding hydrogens is 448 g/mol. The zero-order chi connectivity index (χ0) is 23.1. The molecule has 0 spiro atoms. The summed E-state index contributed by atoms with van der Waals surface area (Å²) in [5.74, 6) is -0.304. The molecule has 10 heteroatoms. The first-order valence-corrected chi connectivity index (χ1v) is 12.9. The number of nitrogens with zero attached hydrogens (tertiary/aromatic N) is 2. The zero-order valence-electron chi connectivity index (χ0n) is 18.2. The number of pyridine rings is 1. The van der Waals surface area contributed by atoms with Crippen LogP contribution in [0.2, 0.25) is 0 Å². The van der Waals surface area contributed by atoms with Crippen LogP contribution in [0.15, 0.2) is 52.5 Å². The van der Waals surface area contributed by atoms with Crippen LogP contribution in [0.1, 0.15) is 39.0 Å². The number of thioether (sulfide) groups is 1. The number of hydrogen-bond acceptors (Lipinski definition) is 6. The highest BCUT2D eigenvalue weighted by Gasteiger charge is 2.29. The number of aromatic nitrogens is 1. The van der Waals surface area contributed by atoms with Crippen LogP contribution in [0.3, 0.4) is 0 Å². The molecule has 2 amide bonds. The molecule has 1 heterocycles. The van der Waals surface area contributed by atoms with Gasteiger partial charge in [0.05, 0.1) is 10.8 Å². The molecule has 1 aliphatic rings. The molecule has 2 N–H and O–H groups in total. The van der Waals surface area contributed by atoms with E-state index in [1.165, 1.54) is 29.2 Å². The molecule has 32 heavy (non-hydrogen) atoms. The fraction of sp³-hybridized carbons (Fsp3) is 0.409. The van der Waals surface area contributed by atoms with Gasteiger partial charge in [0.25, 0.3) is 0 Å². The van der Waals surface area contributed by atoms with Crippen molar-refractivity contribution < 1.29 is 18.0 Å². The van der Waals surface area contributed by atoms with Gasteiger partial charge in [-0.05, 0) is 43.2 Å². The third kappa shape index (κ3) is 6.54. The van der Waals surface area contributed by atoms with Gasteiger partial charge in [-0.2, -0.15) is 4.31 Å². The molecule has 1 aliphatic carbocycles. The number of carbonyl (C=O) groups is 2. The Hall–Kier alpha value is -2.43. The number of carbonyl (C=O) groups excluding carboxylic acids is 2. The molecule has 172 valence electrons. The Kier molecular flexibility index (Phi) is 8.27.